The minimum atomic E-state index is -0.786. The molecule has 0 amide bonds. The van der Waals surface area contributed by atoms with Crippen molar-refractivity contribution >= 4 is 23.1 Å². The summed E-state index contributed by atoms with van der Waals surface area (Å²) in [5, 5.41) is 0. The summed E-state index contributed by atoms with van der Waals surface area (Å²) in [6.45, 7) is 2.37. The molecular formula is C14H18N4O6. The Labute approximate surface area is 136 Å². The fraction of sp³-hybridized carbons (Fsp3) is 0.500. The van der Waals surface area contributed by atoms with Gasteiger partial charge in [-0.2, -0.15) is 0 Å². The number of rotatable bonds is 5. The van der Waals surface area contributed by atoms with Crippen LogP contribution < -0.4 is 11.2 Å². The maximum Gasteiger partial charge on any atom is 0.332 e. The lowest BCUT2D eigenvalue weighted by Gasteiger charge is -2.17. The lowest BCUT2D eigenvalue weighted by atomic mass is 10.3. The number of esters is 2. The molecule has 0 aliphatic rings. The number of imidazole rings is 1. The zero-order valence-electron chi connectivity index (χ0n) is 13.8. The van der Waals surface area contributed by atoms with Crippen molar-refractivity contribution < 1.29 is 19.1 Å². The van der Waals surface area contributed by atoms with Crippen LogP contribution in [-0.2, 0) is 39.7 Å². The number of fused-ring (bicyclic) bond motifs is 1. The Morgan fingerprint density at radius 2 is 1.83 bits per heavy atom. The molecule has 0 bridgehead atoms. The molecule has 1 atom stereocenters. The fourth-order valence-corrected chi connectivity index (χ4v) is 2.32. The molecule has 0 aliphatic carbocycles. The van der Waals surface area contributed by atoms with Crippen molar-refractivity contribution in [3.63, 3.8) is 0 Å². The number of carbonyl (C=O) groups excluding carboxylic acids is 2. The molecule has 0 unspecified atom stereocenters. The first-order valence-corrected chi connectivity index (χ1v) is 7.13. The molecule has 0 fully saturated rings. The van der Waals surface area contributed by atoms with Crippen LogP contribution in [0.2, 0.25) is 0 Å². The number of nitrogens with zero attached hydrogens (tertiary/aromatic N) is 4. The summed E-state index contributed by atoms with van der Waals surface area (Å²) < 4.78 is 13.7. The van der Waals surface area contributed by atoms with Gasteiger partial charge in [0.25, 0.3) is 5.56 Å². The van der Waals surface area contributed by atoms with E-state index in [-0.39, 0.29) is 24.3 Å². The highest BCUT2D eigenvalue weighted by molar-refractivity contribution is 5.70. The second-order valence-electron chi connectivity index (χ2n) is 5.31. The van der Waals surface area contributed by atoms with E-state index in [2.05, 4.69) is 4.98 Å². The fourth-order valence-electron chi connectivity index (χ4n) is 2.32. The van der Waals surface area contributed by atoms with Gasteiger partial charge in [-0.05, 0) is 0 Å². The summed E-state index contributed by atoms with van der Waals surface area (Å²) in [5.74, 6) is -1.06. The quantitative estimate of drug-likeness (QED) is 0.638. The maximum atomic E-state index is 12.3. The Morgan fingerprint density at radius 3 is 2.42 bits per heavy atom. The van der Waals surface area contributed by atoms with Gasteiger partial charge in [-0.1, -0.05) is 0 Å². The average molecular weight is 338 g/mol. The van der Waals surface area contributed by atoms with Gasteiger partial charge in [-0.3, -0.25) is 23.5 Å². The topological polar surface area (TPSA) is 114 Å². The van der Waals surface area contributed by atoms with Gasteiger partial charge in [0.05, 0.1) is 12.9 Å². The van der Waals surface area contributed by atoms with Crippen LogP contribution in [0, 0.1) is 0 Å². The van der Waals surface area contributed by atoms with E-state index in [4.69, 9.17) is 9.47 Å². The number of aryl methyl sites for hydroxylation is 1. The molecule has 0 saturated heterocycles. The van der Waals surface area contributed by atoms with Gasteiger partial charge in [-0.25, -0.2) is 9.78 Å². The molecule has 2 aromatic heterocycles. The highest BCUT2D eigenvalue weighted by atomic mass is 16.6. The van der Waals surface area contributed by atoms with E-state index in [1.165, 1.54) is 43.4 Å². The molecule has 2 aromatic rings. The largest absolute Gasteiger partial charge is 0.462 e. The predicted molar refractivity (Wildman–Crippen MR) is 82.4 cm³/mol. The lowest BCUT2D eigenvalue weighted by Crippen LogP contribution is -2.38. The van der Waals surface area contributed by atoms with Gasteiger partial charge in [0.15, 0.2) is 17.3 Å². The summed E-state index contributed by atoms with van der Waals surface area (Å²) >= 11 is 0. The van der Waals surface area contributed by atoms with Gasteiger partial charge >= 0.3 is 17.6 Å². The molecule has 0 aromatic carbocycles. The van der Waals surface area contributed by atoms with E-state index >= 15 is 0 Å². The van der Waals surface area contributed by atoms with Crippen molar-refractivity contribution in [2.75, 3.05) is 6.61 Å². The third kappa shape index (κ3) is 3.36. The van der Waals surface area contributed by atoms with E-state index in [0.29, 0.717) is 0 Å². The zero-order chi connectivity index (χ0) is 18.0. The van der Waals surface area contributed by atoms with Gasteiger partial charge in [0, 0.05) is 27.9 Å². The van der Waals surface area contributed by atoms with Gasteiger partial charge in [0.1, 0.15) is 6.61 Å². The van der Waals surface area contributed by atoms with Crippen LogP contribution in [0.15, 0.2) is 15.9 Å². The number of hydrogen-bond acceptors (Lipinski definition) is 7. The molecule has 0 N–H and O–H groups in total. The van der Waals surface area contributed by atoms with Gasteiger partial charge < -0.3 is 14.0 Å². The summed E-state index contributed by atoms with van der Waals surface area (Å²) in [6.07, 6.45) is 0.584. The number of carbonyl (C=O) groups is 2. The monoisotopic (exact) mass is 338 g/mol. The van der Waals surface area contributed by atoms with E-state index in [0.717, 1.165) is 4.57 Å². The maximum absolute atomic E-state index is 12.3. The van der Waals surface area contributed by atoms with Crippen LogP contribution in [0.4, 0.5) is 0 Å². The lowest BCUT2D eigenvalue weighted by molar-refractivity contribution is -0.157. The molecule has 0 radical (unpaired) electrons. The summed E-state index contributed by atoms with van der Waals surface area (Å²) in [6, 6.07) is 0. The van der Waals surface area contributed by atoms with Crippen molar-refractivity contribution in [3.05, 3.63) is 27.2 Å². The van der Waals surface area contributed by atoms with E-state index in [1.54, 1.807) is 0 Å². The van der Waals surface area contributed by atoms with Crippen molar-refractivity contribution in [2.24, 2.45) is 14.1 Å². The molecule has 2 heterocycles. The average Bonchev–Trinajstić information content (AvgIpc) is 2.91. The zero-order valence-corrected chi connectivity index (χ0v) is 13.8. The van der Waals surface area contributed by atoms with Crippen LogP contribution in [0.25, 0.3) is 11.2 Å². The molecular weight excluding hydrogens is 320 g/mol. The van der Waals surface area contributed by atoms with E-state index in [9.17, 15) is 19.2 Å². The van der Waals surface area contributed by atoms with Crippen molar-refractivity contribution in [1.82, 2.24) is 18.7 Å². The summed E-state index contributed by atoms with van der Waals surface area (Å²) in [4.78, 5) is 50.5. The first-order chi connectivity index (χ1) is 11.2. The Kier molecular flexibility index (Phi) is 4.86. The van der Waals surface area contributed by atoms with Gasteiger partial charge in [0.2, 0.25) is 0 Å². The predicted octanol–water partition coefficient (Wildman–Crippen LogP) is -1.07. The summed E-state index contributed by atoms with van der Waals surface area (Å²) in [7, 11) is 2.87. The minimum absolute atomic E-state index is 0.0524. The second-order valence-corrected chi connectivity index (χ2v) is 5.31. The smallest absolute Gasteiger partial charge is 0.332 e. The Hall–Kier alpha value is -2.91. The van der Waals surface area contributed by atoms with Crippen LogP contribution >= 0.6 is 0 Å². The summed E-state index contributed by atoms with van der Waals surface area (Å²) in [5.41, 5.74) is -0.592. The van der Waals surface area contributed by atoms with Gasteiger partial charge in [-0.15, -0.1) is 0 Å². The standard InChI is InChI=1S/C14H18N4O6/c1-8(19)23-6-10(24-9(2)20)5-18-7-15-12-11(18)13(21)17(4)14(22)16(12)3/h7,10H,5-6H2,1-4H3/t10-/m1/s1. The first kappa shape index (κ1) is 17.4. The van der Waals surface area contributed by atoms with Crippen LogP contribution in [-0.4, -0.2) is 43.3 Å². The Morgan fingerprint density at radius 1 is 1.17 bits per heavy atom. The highest BCUT2D eigenvalue weighted by Crippen LogP contribution is 2.08. The first-order valence-electron chi connectivity index (χ1n) is 7.13. The molecule has 130 valence electrons. The molecule has 24 heavy (non-hydrogen) atoms. The number of hydrogen-bond donors (Lipinski definition) is 0. The van der Waals surface area contributed by atoms with Crippen LogP contribution in [0.1, 0.15) is 13.8 Å². The third-order valence-corrected chi connectivity index (χ3v) is 3.42. The molecule has 10 heteroatoms. The highest BCUT2D eigenvalue weighted by Gasteiger charge is 2.19. The molecule has 0 spiro atoms. The molecule has 10 nitrogen and oxygen atoms in total. The second kappa shape index (κ2) is 6.69. The van der Waals surface area contributed by atoms with Crippen molar-refractivity contribution in [2.45, 2.75) is 26.5 Å². The molecule has 0 saturated carbocycles. The Bertz CT molecular complexity index is 906. The van der Waals surface area contributed by atoms with Crippen molar-refractivity contribution in [1.29, 1.82) is 0 Å². The van der Waals surface area contributed by atoms with Crippen LogP contribution in [0.3, 0.4) is 0 Å². The van der Waals surface area contributed by atoms with E-state index < -0.39 is 29.3 Å². The molecule has 0 aliphatic heterocycles. The third-order valence-electron chi connectivity index (χ3n) is 3.42. The minimum Gasteiger partial charge on any atom is -0.462 e. The molecule has 2 rings (SSSR count). The Balaban J connectivity index is 2.44. The number of aromatic nitrogens is 4. The van der Waals surface area contributed by atoms with Crippen molar-refractivity contribution in [3.8, 4) is 0 Å². The SMILES string of the molecule is CC(=O)OC[C@@H](Cn1cnc2c1c(=O)n(C)c(=O)n2C)OC(C)=O. The normalized spacial score (nSPS) is 12.2. The van der Waals surface area contributed by atoms with Crippen LogP contribution in [0.5, 0.6) is 0 Å². The van der Waals surface area contributed by atoms with E-state index in [1.807, 2.05) is 0 Å². The number of ether oxygens (including phenoxy) is 2.